The highest BCUT2D eigenvalue weighted by atomic mass is 16.2. The summed E-state index contributed by atoms with van der Waals surface area (Å²) in [5.74, 6) is -0.172. The van der Waals surface area contributed by atoms with Crippen molar-refractivity contribution in [1.29, 1.82) is 0 Å². The van der Waals surface area contributed by atoms with Crippen LogP contribution in [0.25, 0.3) is 0 Å². The number of hydrogen-bond acceptors (Lipinski definition) is 4. The molecule has 0 atom stereocenters. The van der Waals surface area contributed by atoms with Gasteiger partial charge in [-0.05, 0) is 67.9 Å². The van der Waals surface area contributed by atoms with E-state index in [1.54, 1.807) is 30.7 Å². The van der Waals surface area contributed by atoms with E-state index < -0.39 is 0 Å². The lowest BCUT2D eigenvalue weighted by molar-refractivity contribution is -0.117. The van der Waals surface area contributed by atoms with E-state index >= 15 is 0 Å². The maximum absolute atomic E-state index is 12.7. The molecule has 1 aliphatic heterocycles. The van der Waals surface area contributed by atoms with Crippen LogP contribution >= 0.6 is 0 Å². The van der Waals surface area contributed by atoms with Crippen molar-refractivity contribution in [1.82, 2.24) is 14.5 Å². The number of hydrogen-bond donors (Lipinski definition) is 2. The normalized spacial score (nSPS) is 14.5. The third kappa shape index (κ3) is 6.28. The fraction of sp³-hybridized carbons (Fsp3) is 0.320. The Morgan fingerprint density at radius 2 is 1.62 bits per heavy atom. The first kappa shape index (κ1) is 21.8. The molecule has 1 saturated heterocycles. The average Bonchev–Trinajstić information content (AvgIpc) is 3.17. The van der Waals surface area contributed by atoms with Gasteiger partial charge < -0.3 is 15.2 Å². The molecule has 0 unspecified atom stereocenters. The van der Waals surface area contributed by atoms with Gasteiger partial charge >= 0.3 is 0 Å². The monoisotopic (exact) mass is 431 g/mol. The van der Waals surface area contributed by atoms with Crippen molar-refractivity contribution >= 4 is 23.2 Å². The summed E-state index contributed by atoms with van der Waals surface area (Å²) in [6.45, 7) is 3.06. The van der Waals surface area contributed by atoms with Crippen LogP contribution < -0.4 is 10.6 Å². The largest absolute Gasteiger partial charge is 0.333 e. The number of rotatable bonds is 7. The summed E-state index contributed by atoms with van der Waals surface area (Å²) >= 11 is 0. The first-order valence-corrected chi connectivity index (χ1v) is 11.1. The smallest absolute Gasteiger partial charge is 0.255 e. The first-order chi connectivity index (χ1) is 15.7. The minimum atomic E-state index is -0.171. The van der Waals surface area contributed by atoms with Gasteiger partial charge in [0, 0.05) is 35.9 Å². The van der Waals surface area contributed by atoms with Gasteiger partial charge in [0.25, 0.3) is 5.91 Å². The molecule has 7 heteroatoms. The fourth-order valence-corrected chi connectivity index (χ4v) is 3.94. The predicted molar refractivity (Wildman–Crippen MR) is 126 cm³/mol. The number of carbonyl (C=O) groups is 2. The van der Waals surface area contributed by atoms with Crippen LogP contribution in [0.5, 0.6) is 0 Å². The van der Waals surface area contributed by atoms with E-state index in [1.807, 2.05) is 41.1 Å². The summed E-state index contributed by atoms with van der Waals surface area (Å²) in [6.07, 6.45) is 10.2. The molecule has 0 radical (unpaired) electrons. The standard InChI is InChI=1S/C25H29N5O2/c31-24(18-29-13-3-1-2-4-14-29)27-22-8-10-23(11-9-22)28-25(32)21-7-5-6-20(16-21)17-30-15-12-26-19-30/h5-12,15-16,19H,1-4,13-14,17-18H2,(H,27,31)(H,28,32). The molecular formula is C25H29N5O2. The SMILES string of the molecule is O=C(CN1CCCCCC1)Nc1ccc(NC(=O)c2cccc(Cn3ccnc3)c2)cc1. The second kappa shape index (κ2) is 10.7. The molecule has 2 heterocycles. The number of nitrogens with one attached hydrogen (secondary N) is 2. The van der Waals surface area contributed by atoms with Gasteiger partial charge in [-0.3, -0.25) is 14.5 Å². The van der Waals surface area contributed by atoms with Gasteiger partial charge in [0.1, 0.15) is 0 Å². The Morgan fingerprint density at radius 1 is 0.906 bits per heavy atom. The van der Waals surface area contributed by atoms with Gasteiger partial charge in [0.15, 0.2) is 0 Å². The minimum Gasteiger partial charge on any atom is -0.333 e. The number of likely N-dealkylation sites (tertiary alicyclic amines) is 1. The molecule has 7 nitrogen and oxygen atoms in total. The van der Waals surface area contributed by atoms with Crippen molar-refractivity contribution in [2.75, 3.05) is 30.3 Å². The predicted octanol–water partition coefficient (Wildman–Crippen LogP) is 4.00. The van der Waals surface area contributed by atoms with E-state index in [2.05, 4.69) is 20.5 Å². The van der Waals surface area contributed by atoms with Gasteiger partial charge in [-0.2, -0.15) is 0 Å². The molecule has 2 amide bonds. The van der Waals surface area contributed by atoms with Crippen molar-refractivity contribution in [3.05, 3.63) is 78.4 Å². The molecule has 0 saturated carbocycles. The number of anilines is 2. The fourth-order valence-electron chi connectivity index (χ4n) is 3.94. The van der Waals surface area contributed by atoms with Crippen LogP contribution in [-0.2, 0) is 11.3 Å². The van der Waals surface area contributed by atoms with Crippen LogP contribution in [0.4, 0.5) is 11.4 Å². The second-order valence-electron chi connectivity index (χ2n) is 8.21. The average molecular weight is 432 g/mol. The molecule has 2 N–H and O–H groups in total. The van der Waals surface area contributed by atoms with Crippen molar-refractivity contribution in [3.63, 3.8) is 0 Å². The van der Waals surface area contributed by atoms with Crippen LogP contribution in [0.15, 0.2) is 67.3 Å². The molecule has 2 aromatic carbocycles. The van der Waals surface area contributed by atoms with E-state index in [1.165, 1.54) is 12.8 Å². The second-order valence-corrected chi connectivity index (χ2v) is 8.21. The molecular weight excluding hydrogens is 402 g/mol. The van der Waals surface area contributed by atoms with Gasteiger partial charge in [-0.15, -0.1) is 0 Å². The zero-order chi connectivity index (χ0) is 22.2. The Balaban J connectivity index is 1.30. The van der Waals surface area contributed by atoms with Gasteiger partial charge in [-0.1, -0.05) is 25.0 Å². The maximum Gasteiger partial charge on any atom is 0.255 e. The third-order valence-corrected chi connectivity index (χ3v) is 5.61. The molecule has 0 spiro atoms. The van der Waals surface area contributed by atoms with Crippen molar-refractivity contribution in [3.8, 4) is 0 Å². The molecule has 1 aliphatic rings. The summed E-state index contributed by atoms with van der Waals surface area (Å²) in [7, 11) is 0. The maximum atomic E-state index is 12.7. The van der Waals surface area contributed by atoms with Crippen LogP contribution in [0.3, 0.4) is 0 Å². The highest BCUT2D eigenvalue weighted by Crippen LogP contribution is 2.16. The van der Waals surface area contributed by atoms with Crippen LogP contribution in [-0.4, -0.2) is 45.9 Å². The zero-order valence-corrected chi connectivity index (χ0v) is 18.2. The number of imidazole rings is 1. The summed E-state index contributed by atoms with van der Waals surface area (Å²) < 4.78 is 1.96. The summed E-state index contributed by atoms with van der Waals surface area (Å²) in [5.41, 5.74) is 3.03. The van der Waals surface area contributed by atoms with Crippen LogP contribution in [0.2, 0.25) is 0 Å². The van der Waals surface area contributed by atoms with Crippen LogP contribution in [0.1, 0.15) is 41.6 Å². The molecule has 3 aromatic rings. The van der Waals surface area contributed by atoms with Gasteiger partial charge in [-0.25, -0.2) is 4.98 Å². The van der Waals surface area contributed by atoms with E-state index in [9.17, 15) is 9.59 Å². The molecule has 32 heavy (non-hydrogen) atoms. The van der Waals surface area contributed by atoms with Crippen molar-refractivity contribution in [2.24, 2.45) is 0 Å². The Morgan fingerprint density at radius 3 is 2.31 bits per heavy atom. The Kier molecular flexibility index (Phi) is 7.30. The number of amides is 2. The van der Waals surface area contributed by atoms with E-state index in [4.69, 9.17) is 0 Å². The quantitative estimate of drug-likeness (QED) is 0.593. The van der Waals surface area contributed by atoms with Gasteiger partial charge in [0.2, 0.25) is 5.91 Å². The highest BCUT2D eigenvalue weighted by molar-refractivity contribution is 6.04. The molecule has 4 rings (SSSR count). The molecule has 1 aromatic heterocycles. The lowest BCUT2D eigenvalue weighted by atomic mass is 10.1. The highest BCUT2D eigenvalue weighted by Gasteiger charge is 2.13. The number of nitrogens with zero attached hydrogens (tertiary/aromatic N) is 3. The number of benzene rings is 2. The lowest BCUT2D eigenvalue weighted by Crippen LogP contribution is -2.33. The van der Waals surface area contributed by atoms with Gasteiger partial charge in [0.05, 0.1) is 12.9 Å². The summed E-state index contributed by atoms with van der Waals surface area (Å²) in [5, 5.41) is 5.87. The summed E-state index contributed by atoms with van der Waals surface area (Å²) in [4.78, 5) is 31.3. The zero-order valence-electron chi connectivity index (χ0n) is 18.2. The van der Waals surface area contributed by atoms with E-state index in [0.717, 1.165) is 37.2 Å². The topological polar surface area (TPSA) is 79.3 Å². The lowest BCUT2D eigenvalue weighted by Gasteiger charge is -2.19. The molecule has 0 aliphatic carbocycles. The minimum absolute atomic E-state index is 0.00149. The Bertz CT molecular complexity index is 1020. The molecule has 0 bridgehead atoms. The summed E-state index contributed by atoms with van der Waals surface area (Å²) in [6, 6.07) is 14.8. The molecule has 1 fully saturated rings. The number of carbonyl (C=O) groups excluding carboxylic acids is 2. The Hall–Kier alpha value is -3.45. The van der Waals surface area contributed by atoms with Crippen molar-refractivity contribution < 1.29 is 9.59 Å². The Labute approximate surface area is 188 Å². The molecule has 166 valence electrons. The van der Waals surface area contributed by atoms with Crippen molar-refractivity contribution in [2.45, 2.75) is 32.2 Å². The number of aromatic nitrogens is 2. The van der Waals surface area contributed by atoms with E-state index in [0.29, 0.717) is 24.3 Å². The van der Waals surface area contributed by atoms with Crippen LogP contribution in [0, 0.1) is 0 Å². The first-order valence-electron chi connectivity index (χ1n) is 11.1. The van der Waals surface area contributed by atoms with E-state index in [-0.39, 0.29) is 11.8 Å². The third-order valence-electron chi connectivity index (χ3n) is 5.61.